The Morgan fingerprint density at radius 1 is 1.06 bits per heavy atom. The van der Waals surface area contributed by atoms with Gasteiger partial charge in [-0.25, -0.2) is 4.98 Å². The van der Waals surface area contributed by atoms with E-state index in [-0.39, 0.29) is 17.1 Å². The normalized spacial score (nSPS) is 11.4. The van der Waals surface area contributed by atoms with Crippen LogP contribution in [0.5, 0.6) is 11.5 Å². The standard InChI is InChI=1S/C26H19N3O5/c1-16(30)33-24-18(9-7-13-22(24)32-2)15-27-29-25(23-14-17-8-3-6-12-21(17)34-23)28-20-11-5-4-10-19(20)26(29)31/h3-15H,1-2H3. The number of hydrogen-bond acceptors (Lipinski definition) is 7. The van der Waals surface area contributed by atoms with Crippen LogP contribution in [0.2, 0.25) is 0 Å². The summed E-state index contributed by atoms with van der Waals surface area (Å²) in [5.74, 6) is 0.695. The van der Waals surface area contributed by atoms with E-state index in [1.807, 2.05) is 36.4 Å². The smallest absolute Gasteiger partial charge is 0.308 e. The van der Waals surface area contributed by atoms with Gasteiger partial charge in [0.1, 0.15) is 5.58 Å². The van der Waals surface area contributed by atoms with Gasteiger partial charge < -0.3 is 13.9 Å². The van der Waals surface area contributed by atoms with Gasteiger partial charge in [0.15, 0.2) is 17.3 Å². The van der Waals surface area contributed by atoms with Gasteiger partial charge in [-0.1, -0.05) is 36.4 Å². The van der Waals surface area contributed by atoms with Crippen molar-refractivity contribution >= 4 is 34.1 Å². The minimum atomic E-state index is -0.508. The molecule has 0 amide bonds. The highest BCUT2D eigenvalue weighted by Crippen LogP contribution is 2.31. The summed E-state index contributed by atoms with van der Waals surface area (Å²) in [7, 11) is 1.47. The second kappa shape index (κ2) is 8.67. The SMILES string of the molecule is COc1cccc(C=Nn2c(-c3cc4ccccc4o3)nc3ccccc3c2=O)c1OC(C)=O. The van der Waals surface area contributed by atoms with Crippen LogP contribution in [0.4, 0.5) is 0 Å². The quantitative estimate of drug-likeness (QED) is 0.219. The van der Waals surface area contributed by atoms with E-state index in [4.69, 9.17) is 13.9 Å². The third-order valence-corrected chi connectivity index (χ3v) is 5.19. The van der Waals surface area contributed by atoms with Crippen molar-refractivity contribution < 1.29 is 18.7 Å². The van der Waals surface area contributed by atoms with Crippen molar-refractivity contribution in [1.82, 2.24) is 9.66 Å². The fourth-order valence-electron chi connectivity index (χ4n) is 3.65. The molecular formula is C26H19N3O5. The average molecular weight is 453 g/mol. The molecule has 34 heavy (non-hydrogen) atoms. The van der Waals surface area contributed by atoms with Crippen LogP contribution in [0, 0.1) is 0 Å². The van der Waals surface area contributed by atoms with Gasteiger partial charge in [-0.05, 0) is 36.4 Å². The summed E-state index contributed by atoms with van der Waals surface area (Å²) in [4.78, 5) is 29.7. The van der Waals surface area contributed by atoms with Crippen LogP contribution >= 0.6 is 0 Å². The molecule has 5 rings (SSSR count). The lowest BCUT2D eigenvalue weighted by Gasteiger charge is -2.11. The topological polar surface area (TPSA) is 95.9 Å². The zero-order valence-electron chi connectivity index (χ0n) is 18.4. The Morgan fingerprint density at radius 2 is 1.85 bits per heavy atom. The third-order valence-electron chi connectivity index (χ3n) is 5.19. The summed E-state index contributed by atoms with van der Waals surface area (Å²) in [6.07, 6.45) is 1.42. The maximum atomic E-state index is 13.4. The van der Waals surface area contributed by atoms with E-state index < -0.39 is 5.97 Å². The van der Waals surface area contributed by atoms with E-state index in [9.17, 15) is 9.59 Å². The van der Waals surface area contributed by atoms with Crippen LogP contribution in [0.25, 0.3) is 33.5 Å². The lowest BCUT2D eigenvalue weighted by atomic mass is 10.2. The third kappa shape index (κ3) is 3.81. The molecule has 0 atom stereocenters. The molecule has 0 spiro atoms. The number of benzene rings is 3. The molecule has 0 unspecified atom stereocenters. The number of rotatable bonds is 5. The number of aromatic nitrogens is 2. The molecule has 0 bridgehead atoms. The van der Waals surface area contributed by atoms with Crippen LogP contribution in [-0.4, -0.2) is 29.0 Å². The van der Waals surface area contributed by atoms with Crippen molar-refractivity contribution in [3.63, 3.8) is 0 Å². The first kappa shape index (κ1) is 21.1. The molecule has 0 saturated carbocycles. The number of furan rings is 1. The maximum absolute atomic E-state index is 13.4. The molecule has 0 aliphatic heterocycles. The summed E-state index contributed by atoms with van der Waals surface area (Å²) in [5.41, 5.74) is 1.27. The first-order chi connectivity index (χ1) is 16.5. The van der Waals surface area contributed by atoms with Crippen LogP contribution < -0.4 is 15.0 Å². The second-order valence-corrected chi connectivity index (χ2v) is 7.43. The number of carbonyl (C=O) groups excluding carboxylic acids is 1. The molecule has 0 saturated heterocycles. The van der Waals surface area contributed by atoms with Crippen LogP contribution in [-0.2, 0) is 4.79 Å². The molecule has 0 N–H and O–H groups in total. The number of fused-ring (bicyclic) bond motifs is 2. The summed E-state index contributed by atoms with van der Waals surface area (Å²) in [6, 6.07) is 21.5. The molecule has 0 fully saturated rings. The molecule has 5 aromatic rings. The van der Waals surface area contributed by atoms with E-state index >= 15 is 0 Å². The number of ether oxygens (including phenoxy) is 2. The minimum Gasteiger partial charge on any atom is -0.493 e. The molecule has 8 nitrogen and oxygen atoms in total. The summed E-state index contributed by atoms with van der Waals surface area (Å²) in [6.45, 7) is 1.30. The Balaban J connectivity index is 1.72. The van der Waals surface area contributed by atoms with E-state index in [1.165, 1.54) is 24.9 Å². The molecule has 8 heteroatoms. The van der Waals surface area contributed by atoms with Gasteiger partial charge in [0.05, 0.1) is 24.2 Å². The minimum absolute atomic E-state index is 0.202. The van der Waals surface area contributed by atoms with Crippen molar-refractivity contribution in [2.75, 3.05) is 7.11 Å². The van der Waals surface area contributed by atoms with E-state index in [0.717, 1.165) is 5.39 Å². The van der Waals surface area contributed by atoms with Gasteiger partial charge in [-0.3, -0.25) is 9.59 Å². The number of hydrogen-bond donors (Lipinski definition) is 0. The highest BCUT2D eigenvalue weighted by molar-refractivity contribution is 5.88. The highest BCUT2D eigenvalue weighted by Gasteiger charge is 2.17. The van der Waals surface area contributed by atoms with E-state index in [0.29, 0.717) is 33.6 Å². The summed E-state index contributed by atoms with van der Waals surface area (Å²) in [5, 5.41) is 5.71. The van der Waals surface area contributed by atoms with Gasteiger partial charge in [0.2, 0.25) is 5.82 Å². The Bertz CT molecular complexity index is 1600. The first-order valence-corrected chi connectivity index (χ1v) is 10.5. The summed E-state index contributed by atoms with van der Waals surface area (Å²) >= 11 is 0. The Kier molecular flexibility index (Phi) is 5.39. The van der Waals surface area contributed by atoms with Gasteiger partial charge in [0.25, 0.3) is 5.56 Å². The highest BCUT2D eigenvalue weighted by atomic mass is 16.6. The van der Waals surface area contributed by atoms with Gasteiger partial charge >= 0.3 is 5.97 Å². The van der Waals surface area contributed by atoms with Crippen LogP contribution in [0.3, 0.4) is 0 Å². The number of esters is 1. The van der Waals surface area contributed by atoms with E-state index in [1.54, 1.807) is 36.4 Å². The Morgan fingerprint density at radius 3 is 2.65 bits per heavy atom. The van der Waals surface area contributed by atoms with E-state index in [2.05, 4.69) is 10.1 Å². The maximum Gasteiger partial charge on any atom is 0.308 e. The molecule has 168 valence electrons. The average Bonchev–Trinajstić information content (AvgIpc) is 3.28. The van der Waals surface area contributed by atoms with Crippen molar-refractivity contribution in [3.05, 3.63) is 88.7 Å². The molecule has 2 heterocycles. The Labute approximate surface area is 193 Å². The van der Waals surface area contributed by atoms with Crippen molar-refractivity contribution in [2.45, 2.75) is 6.92 Å². The summed E-state index contributed by atoms with van der Waals surface area (Å²) < 4.78 is 17.8. The van der Waals surface area contributed by atoms with Gasteiger partial charge in [-0.2, -0.15) is 9.78 Å². The molecule has 0 aliphatic carbocycles. The molecule has 0 radical (unpaired) electrons. The Hall–Kier alpha value is -4.72. The predicted octanol–water partition coefficient (Wildman–Crippen LogP) is 4.63. The monoisotopic (exact) mass is 453 g/mol. The number of para-hydroxylation sites is 3. The lowest BCUT2D eigenvalue weighted by Crippen LogP contribution is -2.20. The number of methoxy groups -OCH3 is 1. The van der Waals surface area contributed by atoms with Crippen molar-refractivity contribution in [2.24, 2.45) is 5.10 Å². The van der Waals surface area contributed by atoms with Crippen LogP contribution in [0.15, 0.2) is 87.1 Å². The molecule has 3 aromatic carbocycles. The van der Waals surface area contributed by atoms with Gasteiger partial charge in [0, 0.05) is 17.9 Å². The van der Waals surface area contributed by atoms with Crippen molar-refractivity contribution in [3.8, 4) is 23.1 Å². The molecule has 2 aromatic heterocycles. The van der Waals surface area contributed by atoms with Crippen LogP contribution in [0.1, 0.15) is 12.5 Å². The fourth-order valence-corrected chi connectivity index (χ4v) is 3.65. The number of nitrogens with zero attached hydrogens (tertiary/aromatic N) is 3. The number of carbonyl (C=O) groups is 1. The predicted molar refractivity (Wildman–Crippen MR) is 129 cm³/mol. The second-order valence-electron chi connectivity index (χ2n) is 7.43. The van der Waals surface area contributed by atoms with Crippen molar-refractivity contribution in [1.29, 1.82) is 0 Å². The fraction of sp³-hybridized carbons (Fsp3) is 0.0769. The first-order valence-electron chi connectivity index (χ1n) is 10.5. The zero-order chi connectivity index (χ0) is 23.7. The lowest BCUT2D eigenvalue weighted by molar-refractivity contribution is -0.132. The molecule has 0 aliphatic rings. The zero-order valence-corrected chi connectivity index (χ0v) is 18.4. The largest absolute Gasteiger partial charge is 0.493 e. The van der Waals surface area contributed by atoms with Gasteiger partial charge in [-0.15, -0.1) is 0 Å². The molecular weight excluding hydrogens is 434 g/mol.